The van der Waals surface area contributed by atoms with E-state index in [4.69, 9.17) is 14.6 Å². The Hall–Kier alpha value is -1.92. The number of Topliss-reactive ketones (excluding diaryl/α,β-unsaturated/α-hetero) is 1. The molecule has 0 aromatic carbocycles. The van der Waals surface area contributed by atoms with Crippen molar-refractivity contribution in [3.8, 4) is 0 Å². The van der Waals surface area contributed by atoms with Crippen molar-refractivity contribution in [3.63, 3.8) is 0 Å². The van der Waals surface area contributed by atoms with Gasteiger partial charge in [-0.2, -0.15) is 0 Å². The quantitative estimate of drug-likeness (QED) is 0.554. The van der Waals surface area contributed by atoms with Crippen LogP contribution >= 0.6 is 0 Å². The number of hydrogen-bond donors (Lipinski definition) is 1. The van der Waals surface area contributed by atoms with Gasteiger partial charge in [0.25, 0.3) is 0 Å². The molecule has 0 spiro atoms. The smallest absolute Gasteiger partial charge is 0.372 e. The Morgan fingerprint density at radius 3 is 2.70 bits per heavy atom. The highest BCUT2D eigenvalue weighted by Crippen LogP contribution is 2.55. The van der Waals surface area contributed by atoms with E-state index in [1.165, 1.54) is 0 Å². The molecular weight excluding hydrogens is 268 g/mol. The van der Waals surface area contributed by atoms with Crippen LogP contribution in [0, 0.1) is 17.8 Å². The molecular formula is C13H14O7. The van der Waals surface area contributed by atoms with Crippen LogP contribution < -0.4 is 0 Å². The molecule has 20 heavy (non-hydrogen) atoms. The molecule has 108 valence electrons. The van der Waals surface area contributed by atoms with Crippen molar-refractivity contribution in [1.29, 1.82) is 0 Å². The number of fused-ring (bicyclic) bond motifs is 1. The number of rotatable bonds is 5. The van der Waals surface area contributed by atoms with Gasteiger partial charge >= 0.3 is 17.9 Å². The first-order valence-corrected chi connectivity index (χ1v) is 6.63. The van der Waals surface area contributed by atoms with Crippen molar-refractivity contribution < 1.29 is 33.8 Å². The zero-order valence-corrected chi connectivity index (χ0v) is 10.6. The van der Waals surface area contributed by atoms with Gasteiger partial charge in [0.15, 0.2) is 0 Å². The zero-order valence-electron chi connectivity index (χ0n) is 10.6. The first-order chi connectivity index (χ1) is 9.47. The Kier molecular flexibility index (Phi) is 2.99. The average Bonchev–Trinajstić information content (AvgIpc) is 3.00. The third-order valence-corrected chi connectivity index (χ3v) is 4.48. The van der Waals surface area contributed by atoms with Crippen LogP contribution in [0.1, 0.15) is 25.7 Å². The monoisotopic (exact) mass is 282 g/mol. The summed E-state index contributed by atoms with van der Waals surface area (Å²) in [5, 5.41) is 8.42. The standard InChI is InChI=1S/C13H14O7/c14-8(12(16)17)1-2-9(15)19-10-5-3-6-7(4-5)13(18)20-11(6)10/h5-7,10-11H,1-4H2,(H,16,17). The molecule has 5 atom stereocenters. The molecule has 3 rings (SSSR count). The summed E-state index contributed by atoms with van der Waals surface area (Å²) < 4.78 is 10.5. The summed E-state index contributed by atoms with van der Waals surface area (Å²) in [5.41, 5.74) is 0. The predicted octanol–water partition coefficient (Wildman–Crippen LogP) is -0.0865. The van der Waals surface area contributed by atoms with Crippen molar-refractivity contribution >= 4 is 23.7 Å². The van der Waals surface area contributed by atoms with Crippen molar-refractivity contribution in [1.82, 2.24) is 0 Å². The largest absolute Gasteiger partial charge is 0.476 e. The van der Waals surface area contributed by atoms with Crippen LogP contribution in [0.3, 0.4) is 0 Å². The highest BCUT2D eigenvalue weighted by Gasteiger charge is 2.63. The zero-order chi connectivity index (χ0) is 14.4. The second kappa shape index (κ2) is 4.57. The first kappa shape index (κ1) is 13.1. The van der Waals surface area contributed by atoms with Gasteiger partial charge in [-0.1, -0.05) is 0 Å². The van der Waals surface area contributed by atoms with Crippen molar-refractivity contribution in [2.75, 3.05) is 0 Å². The fourth-order valence-electron chi connectivity index (χ4n) is 3.60. The fourth-order valence-corrected chi connectivity index (χ4v) is 3.60. The number of carbonyl (C=O) groups excluding carboxylic acids is 3. The maximum absolute atomic E-state index is 11.7. The molecule has 7 heteroatoms. The number of ketones is 1. The van der Waals surface area contributed by atoms with Gasteiger partial charge in [0.2, 0.25) is 5.78 Å². The van der Waals surface area contributed by atoms with Crippen LogP contribution in [0.4, 0.5) is 0 Å². The van der Waals surface area contributed by atoms with E-state index < -0.39 is 23.8 Å². The van der Waals surface area contributed by atoms with Crippen molar-refractivity contribution in [2.24, 2.45) is 17.8 Å². The number of carbonyl (C=O) groups is 4. The third kappa shape index (κ3) is 1.97. The average molecular weight is 282 g/mol. The maximum atomic E-state index is 11.7. The molecule has 1 saturated heterocycles. The number of carboxylic acid groups (broad SMARTS) is 1. The van der Waals surface area contributed by atoms with E-state index in [1.54, 1.807) is 0 Å². The van der Waals surface area contributed by atoms with Gasteiger partial charge in [-0.15, -0.1) is 0 Å². The molecule has 1 aliphatic heterocycles. The molecule has 7 nitrogen and oxygen atoms in total. The van der Waals surface area contributed by atoms with Gasteiger partial charge in [-0.05, 0) is 12.8 Å². The van der Waals surface area contributed by atoms with Crippen molar-refractivity contribution in [3.05, 3.63) is 0 Å². The van der Waals surface area contributed by atoms with Crippen LogP contribution in [0.25, 0.3) is 0 Å². The van der Waals surface area contributed by atoms with E-state index in [0.29, 0.717) is 6.42 Å². The number of esters is 2. The summed E-state index contributed by atoms with van der Waals surface area (Å²) in [6.45, 7) is 0. The molecule has 0 aromatic heterocycles. The Morgan fingerprint density at radius 2 is 2.00 bits per heavy atom. The van der Waals surface area contributed by atoms with Crippen LogP contribution in [0.2, 0.25) is 0 Å². The number of hydrogen-bond acceptors (Lipinski definition) is 6. The molecule has 5 unspecified atom stereocenters. The molecule has 1 heterocycles. The molecule has 2 saturated carbocycles. The van der Waals surface area contributed by atoms with Crippen LogP contribution in [0.5, 0.6) is 0 Å². The summed E-state index contributed by atoms with van der Waals surface area (Å²) in [6.07, 6.45) is 0.0880. The Labute approximate surface area is 114 Å². The van der Waals surface area contributed by atoms with Gasteiger partial charge in [-0.3, -0.25) is 14.4 Å². The minimum absolute atomic E-state index is 0.0476. The molecule has 3 fully saturated rings. The van der Waals surface area contributed by atoms with Gasteiger partial charge in [0.1, 0.15) is 12.2 Å². The van der Waals surface area contributed by atoms with Crippen LogP contribution in [0.15, 0.2) is 0 Å². The summed E-state index contributed by atoms with van der Waals surface area (Å²) in [7, 11) is 0. The SMILES string of the molecule is O=C(CCC(=O)C(=O)O)OC1C2CC3C(=O)OC1C3C2. The number of aliphatic carboxylic acids is 1. The lowest BCUT2D eigenvalue weighted by atomic mass is 9.88. The van der Waals surface area contributed by atoms with E-state index in [1.807, 2.05) is 0 Å². The molecule has 2 bridgehead atoms. The van der Waals surface area contributed by atoms with E-state index in [-0.39, 0.29) is 42.7 Å². The van der Waals surface area contributed by atoms with Gasteiger partial charge in [0.05, 0.1) is 12.3 Å². The topological polar surface area (TPSA) is 107 Å². The van der Waals surface area contributed by atoms with E-state index >= 15 is 0 Å². The lowest BCUT2D eigenvalue weighted by Crippen LogP contribution is -2.36. The minimum Gasteiger partial charge on any atom is -0.476 e. The molecule has 0 radical (unpaired) electrons. The summed E-state index contributed by atoms with van der Waals surface area (Å²) in [6, 6.07) is 0. The predicted molar refractivity (Wildman–Crippen MR) is 61.3 cm³/mol. The second-order valence-corrected chi connectivity index (χ2v) is 5.59. The fraction of sp³-hybridized carbons (Fsp3) is 0.692. The molecule has 0 aromatic rings. The van der Waals surface area contributed by atoms with Gasteiger partial charge < -0.3 is 14.6 Å². The van der Waals surface area contributed by atoms with E-state index in [0.717, 1.165) is 6.42 Å². The third-order valence-electron chi connectivity index (χ3n) is 4.48. The lowest BCUT2D eigenvalue weighted by Gasteiger charge is -2.25. The van der Waals surface area contributed by atoms with Gasteiger partial charge in [-0.25, -0.2) is 4.79 Å². The molecule has 1 N–H and O–H groups in total. The highest BCUT2D eigenvalue weighted by atomic mass is 16.6. The first-order valence-electron chi connectivity index (χ1n) is 6.63. The summed E-state index contributed by atoms with van der Waals surface area (Å²) in [4.78, 5) is 44.4. The molecule has 0 amide bonds. The summed E-state index contributed by atoms with van der Waals surface area (Å²) >= 11 is 0. The van der Waals surface area contributed by atoms with E-state index in [9.17, 15) is 19.2 Å². The Bertz CT molecular complexity index is 497. The lowest BCUT2D eigenvalue weighted by molar-refractivity contribution is -0.162. The highest BCUT2D eigenvalue weighted by molar-refractivity contribution is 6.32. The number of ether oxygens (including phenoxy) is 2. The van der Waals surface area contributed by atoms with Crippen molar-refractivity contribution in [2.45, 2.75) is 37.9 Å². The minimum atomic E-state index is -1.55. The molecule has 3 aliphatic rings. The van der Waals surface area contributed by atoms with E-state index in [2.05, 4.69) is 0 Å². The maximum Gasteiger partial charge on any atom is 0.372 e. The Balaban J connectivity index is 1.54. The molecule has 2 aliphatic carbocycles. The van der Waals surface area contributed by atoms with Crippen LogP contribution in [-0.4, -0.2) is 41.0 Å². The van der Waals surface area contributed by atoms with Crippen LogP contribution in [-0.2, 0) is 28.7 Å². The Morgan fingerprint density at radius 1 is 1.25 bits per heavy atom. The van der Waals surface area contributed by atoms with Gasteiger partial charge in [0, 0.05) is 18.3 Å². The summed E-state index contributed by atoms with van der Waals surface area (Å²) in [5.74, 6) is -3.15. The second-order valence-electron chi connectivity index (χ2n) is 5.59. The normalized spacial score (nSPS) is 36.8. The number of carboxylic acids is 1.